The summed E-state index contributed by atoms with van der Waals surface area (Å²) in [6.45, 7) is 3.72. The molecule has 0 bridgehead atoms. The lowest BCUT2D eigenvalue weighted by atomic mass is 10.1. The van der Waals surface area contributed by atoms with Crippen LogP contribution >= 0.6 is 0 Å². The van der Waals surface area contributed by atoms with E-state index in [1.807, 2.05) is 6.07 Å². The molecule has 0 aromatic heterocycles. The van der Waals surface area contributed by atoms with Crippen LogP contribution in [0.4, 0.5) is 10.1 Å². The van der Waals surface area contributed by atoms with Gasteiger partial charge in [-0.15, -0.1) is 0 Å². The number of nitrogens with one attached hydrogen (secondary N) is 1. The number of aliphatic hydroxyl groups excluding tert-OH is 1. The SMILES string of the molecule is CC1CN(c2cccc(F)c2)CC(CO)N1. The van der Waals surface area contributed by atoms with Crippen molar-refractivity contribution in [2.24, 2.45) is 0 Å². The minimum Gasteiger partial charge on any atom is -0.395 e. The average molecular weight is 224 g/mol. The monoisotopic (exact) mass is 224 g/mol. The average Bonchev–Trinajstić information content (AvgIpc) is 2.28. The Hall–Kier alpha value is -1.13. The molecule has 1 aliphatic heterocycles. The fraction of sp³-hybridized carbons (Fsp3) is 0.500. The molecule has 1 saturated heterocycles. The van der Waals surface area contributed by atoms with Crippen LogP contribution in [0.15, 0.2) is 24.3 Å². The molecular weight excluding hydrogens is 207 g/mol. The molecule has 1 aliphatic rings. The van der Waals surface area contributed by atoms with Gasteiger partial charge in [-0.05, 0) is 25.1 Å². The second-order valence-electron chi connectivity index (χ2n) is 4.33. The number of hydrogen-bond donors (Lipinski definition) is 2. The Bertz CT molecular complexity index is 359. The van der Waals surface area contributed by atoms with E-state index in [0.29, 0.717) is 12.6 Å². The largest absolute Gasteiger partial charge is 0.395 e. The Morgan fingerprint density at radius 3 is 3.00 bits per heavy atom. The van der Waals surface area contributed by atoms with Gasteiger partial charge in [-0.2, -0.15) is 0 Å². The molecule has 3 nitrogen and oxygen atoms in total. The molecule has 4 heteroatoms. The number of rotatable bonds is 2. The van der Waals surface area contributed by atoms with Crippen LogP contribution in [0.5, 0.6) is 0 Å². The summed E-state index contributed by atoms with van der Waals surface area (Å²) >= 11 is 0. The molecule has 0 aliphatic carbocycles. The van der Waals surface area contributed by atoms with Gasteiger partial charge in [0.15, 0.2) is 0 Å². The lowest BCUT2D eigenvalue weighted by molar-refractivity contribution is 0.221. The fourth-order valence-corrected chi connectivity index (χ4v) is 2.17. The predicted molar refractivity (Wildman–Crippen MR) is 62.1 cm³/mol. The van der Waals surface area contributed by atoms with Crippen molar-refractivity contribution in [1.82, 2.24) is 5.32 Å². The summed E-state index contributed by atoms with van der Waals surface area (Å²) in [5, 5.41) is 12.5. The first-order chi connectivity index (χ1) is 7.69. The summed E-state index contributed by atoms with van der Waals surface area (Å²) in [6.07, 6.45) is 0. The molecule has 88 valence electrons. The number of anilines is 1. The molecule has 0 saturated carbocycles. The van der Waals surface area contributed by atoms with Crippen molar-refractivity contribution < 1.29 is 9.50 Å². The summed E-state index contributed by atoms with van der Waals surface area (Å²) in [7, 11) is 0. The van der Waals surface area contributed by atoms with Gasteiger partial charge in [0.05, 0.1) is 6.61 Å². The molecule has 2 N–H and O–H groups in total. The maximum atomic E-state index is 13.1. The normalized spacial score (nSPS) is 25.8. The molecule has 0 spiro atoms. The highest BCUT2D eigenvalue weighted by molar-refractivity contribution is 5.47. The number of halogens is 1. The van der Waals surface area contributed by atoms with Gasteiger partial charge >= 0.3 is 0 Å². The van der Waals surface area contributed by atoms with Crippen LogP contribution in [0, 0.1) is 5.82 Å². The number of benzene rings is 1. The van der Waals surface area contributed by atoms with E-state index in [2.05, 4.69) is 17.1 Å². The van der Waals surface area contributed by atoms with Gasteiger partial charge in [-0.25, -0.2) is 4.39 Å². The van der Waals surface area contributed by atoms with Crippen LogP contribution in [0.3, 0.4) is 0 Å². The Balaban J connectivity index is 2.14. The van der Waals surface area contributed by atoms with E-state index in [4.69, 9.17) is 5.11 Å². The lowest BCUT2D eigenvalue weighted by Crippen LogP contribution is -2.56. The van der Waals surface area contributed by atoms with E-state index < -0.39 is 0 Å². The van der Waals surface area contributed by atoms with Crippen molar-refractivity contribution in [1.29, 1.82) is 0 Å². The van der Waals surface area contributed by atoms with Gasteiger partial charge in [0.1, 0.15) is 5.82 Å². The number of aliphatic hydroxyl groups is 1. The molecule has 16 heavy (non-hydrogen) atoms. The van der Waals surface area contributed by atoms with Crippen molar-refractivity contribution in [3.05, 3.63) is 30.1 Å². The topological polar surface area (TPSA) is 35.5 Å². The molecule has 1 heterocycles. The van der Waals surface area contributed by atoms with Gasteiger partial charge in [-0.1, -0.05) is 6.07 Å². The molecule has 1 aromatic rings. The Labute approximate surface area is 94.9 Å². The molecular formula is C12H17FN2O. The first-order valence-corrected chi connectivity index (χ1v) is 5.56. The van der Waals surface area contributed by atoms with Crippen LogP contribution < -0.4 is 10.2 Å². The molecule has 2 atom stereocenters. The summed E-state index contributed by atoms with van der Waals surface area (Å²) in [5.41, 5.74) is 0.881. The summed E-state index contributed by atoms with van der Waals surface area (Å²) in [5.74, 6) is -0.218. The van der Waals surface area contributed by atoms with E-state index in [0.717, 1.165) is 12.2 Å². The molecule has 2 unspecified atom stereocenters. The smallest absolute Gasteiger partial charge is 0.125 e. The first kappa shape index (κ1) is 11.4. The van der Waals surface area contributed by atoms with E-state index in [1.165, 1.54) is 12.1 Å². The van der Waals surface area contributed by atoms with E-state index >= 15 is 0 Å². The molecule has 2 rings (SSSR count). The fourth-order valence-electron chi connectivity index (χ4n) is 2.17. The maximum absolute atomic E-state index is 13.1. The second kappa shape index (κ2) is 4.80. The van der Waals surface area contributed by atoms with Gasteiger partial charge in [0, 0.05) is 30.9 Å². The van der Waals surface area contributed by atoms with E-state index in [1.54, 1.807) is 6.07 Å². The number of hydrogen-bond acceptors (Lipinski definition) is 3. The third-order valence-electron chi connectivity index (χ3n) is 2.85. The predicted octanol–water partition coefficient (Wildman–Crippen LogP) is 0.985. The minimum atomic E-state index is -0.218. The summed E-state index contributed by atoms with van der Waals surface area (Å²) in [6, 6.07) is 6.95. The zero-order valence-electron chi connectivity index (χ0n) is 9.36. The summed E-state index contributed by atoms with van der Waals surface area (Å²) in [4.78, 5) is 2.10. The highest BCUT2D eigenvalue weighted by Crippen LogP contribution is 2.18. The lowest BCUT2D eigenvalue weighted by Gasteiger charge is -2.38. The third kappa shape index (κ3) is 2.51. The van der Waals surface area contributed by atoms with Crippen molar-refractivity contribution in [3.63, 3.8) is 0 Å². The molecule has 0 amide bonds. The van der Waals surface area contributed by atoms with Crippen LogP contribution in [0.1, 0.15) is 6.92 Å². The standard InChI is InChI=1S/C12H17FN2O/c1-9-6-15(7-11(8-16)14-9)12-4-2-3-10(13)5-12/h2-5,9,11,14,16H,6-8H2,1H3. The van der Waals surface area contributed by atoms with Crippen molar-refractivity contribution >= 4 is 5.69 Å². The van der Waals surface area contributed by atoms with Crippen LogP contribution in [0.25, 0.3) is 0 Å². The summed E-state index contributed by atoms with van der Waals surface area (Å²) < 4.78 is 13.1. The van der Waals surface area contributed by atoms with Crippen LogP contribution in [-0.4, -0.2) is 36.9 Å². The zero-order valence-corrected chi connectivity index (χ0v) is 9.36. The van der Waals surface area contributed by atoms with Gasteiger partial charge in [0.2, 0.25) is 0 Å². The minimum absolute atomic E-state index is 0.0621. The van der Waals surface area contributed by atoms with Gasteiger partial charge < -0.3 is 15.3 Å². The molecule has 1 fully saturated rings. The Morgan fingerprint density at radius 1 is 1.50 bits per heavy atom. The highest BCUT2D eigenvalue weighted by atomic mass is 19.1. The van der Waals surface area contributed by atoms with Crippen molar-refractivity contribution in [2.45, 2.75) is 19.0 Å². The maximum Gasteiger partial charge on any atom is 0.125 e. The van der Waals surface area contributed by atoms with E-state index in [-0.39, 0.29) is 18.5 Å². The van der Waals surface area contributed by atoms with Crippen LogP contribution in [-0.2, 0) is 0 Å². The first-order valence-electron chi connectivity index (χ1n) is 5.56. The Morgan fingerprint density at radius 2 is 2.31 bits per heavy atom. The van der Waals surface area contributed by atoms with Gasteiger partial charge in [0.25, 0.3) is 0 Å². The highest BCUT2D eigenvalue weighted by Gasteiger charge is 2.23. The van der Waals surface area contributed by atoms with E-state index in [9.17, 15) is 4.39 Å². The molecule has 0 radical (unpaired) electrons. The van der Waals surface area contributed by atoms with Crippen molar-refractivity contribution in [2.75, 3.05) is 24.6 Å². The zero-order chi connectivity index (χ0) is 11.5. The Kier molecular flexibility index (Phi) is 3.41. The third-order valence-corrected chi connectivity index (χ3v) is 2.85. The van der Waals surface area contributed by atoms with Crippen molar-refractivity contribution in [3.8, 4) is 0 Å². The quantitative estimate of drug-likeness (QED) is 0.786. The number of piperazine rings is 1. The molecule has 1 aromatic carbocycles. The second-order valence-corrected chi connectivity index (χ2v) is 4.33. The number of nitrogens with zero attached hydrogens (tertiary/aromatic N) is 1. The van der Waals surface area contributed by atoms with Crippen LogP contribution in [0.2, 0.25) is 0 Å². The van der Waals surface area contributed by atoms with Gasteiger partial charge in [-0.3, -0.25) is 0 Å².